The van der Waals surface area contributed by atoms with Gasteiger partial charge in [-0.05, 0) is 51.2 Å². The number of pyridine rings is 1. The first-order valence-corrected chi connectivity index (χ1v) is 11.1. The van der Waals surface area contributed by atoms with Gasteiger partial charge in [0.1, 0.15) is 33.3 Å². The molecule has 1 fully saturated rings. The summed E-state index contributed by atoms with van der Waals surface area (Å²) in [5.74, 6) is -4.62. The predicted molar refractivity (Wildman–Crippen MR) is 116 cm³/mol. The van der Waals surface area contributed by atoms with Gasteiger partial charge in [-0.15, -0.1) is 0 Å². The van der Waals surface area contributed by atoms with E-state index in [1.54, 1.807) is 6.07 Å². The molecule has 0 radical (unpaired) electrons. The number of carbonyl (C=O) groups is 2. The van der Waals surface area contributed by atoms with Crippen molar-refractivity contribution in [3.63, 3.8) is 0 Å². The molecule has 0 saturated carbocycles. The number of fused-ring (bicyclic) bond motifs is 1. The fraction of sp³-hybridized carbons (Fsp3) is 0.333. The van der Waals surface area contributed by atoms with Crippen molar-refractivity contribution in [3.8, 4) is 5.75 Å². The van der Waals surface area contributed by atoms with E-state index in [1.165, 1.54) is 17.5 Å². The van der Waals surface area contributed by atoms with Crippen LogP contribution in [0, 0.1) is 17.6 Å². The van der Waals surface area contributed by atoms with Crippen LogP contribution >= 0.6 is 22.9 Å². The largest absolute Gasteiger partial charge is 0.483 e. The molecule has 32 heavy (non-hydrogen) atoms. The molecule has 2 amide bonds. The first-order chi connectivity index (χ1) is 15.3. The quantitative estimate of drug-likeness (QED) is 0.559. The van der Waals surface area contributed by atoms with Crippen molar-refractivity contribution in [2.45, 2.75) is 19.4 Å². The summed E-state index contributed by atoms with van der Waals surface area (Å²) >= 11 is 7.14. The number of aromatic nitrogens is 2. The van der Waals surface area contributed by atoms with Gasteiger partial charge in [0, 0.05) is 12.1 Å². The minimum Gasteiger partial charge on any atom is -0.483 e. The number of nitrogens with one attached hydrogen (secondary N) is 1. The Labute approximate surface area is 191 Å². The Morgan fingerprint density at radius 3 is 2.81 bits per heavy atom. The van der Waals surface area contributed by atoms with E-state index in [0.29, 0.717) is 46.3 Å². The number of likely N-dealkylation sites (tertiary alicyclic amines) is 1. The van der Waals surface area contributed by atoms with Gasteiger partial charge in [-0.2, -0.15) is 0 Å². The van der Waals surface area contributed by atoms with Crippen molar-refractivity contribution < 1.29 is 23.1 Å². The van der Waals surface area contributed by atoms with Crippen LogP contribution in [0.2, 0.25) is 5.02 Å². The first-order valence-electron chi connectivity index (χ1n) is 9.87. The minimum atomic E-state index is -1.18. The number of rotatable bonds is 5. The van der Waals surface area contributed by atoms with Crippen molar-refractivity contribution >= 4 is 45.1 Å². The zero-order valence-corrected chi connectivity index (χ0v) is 18.6. The van der Waals surface area contributed by atoms with Crippen LogP contribution in [0.25, 0.3) is 10.3 Å². The molecule has 0 unspecified atom stereocenters. The van der Waals surface area contributed by atoms with E-state index in [0.717, 1.165) is 12.1 Å². The zero-order valence-electron chi connectivity index (χ0n) is 17.0. The van der Waals surface area contributed by atoms with Crippen molar-refractivity contribution in [1.82, 2.24) is 20.2 Å². The maximum absolute atomic E-state index is 14.9. The Balaban J connectivity index is 1.46. The average molecular weight is 481 g/mol. The van der Waals surface area contributed by atoms with Gasteiger partial charge in [-0.25, -0.2) is 18.7 Å². The monoisotopic (exact) mass is 480 g/mol. The summed E-state index contributed by atoms with van der Waals surface area (Å²) in [6, 6.07) is 3.65. The molecule has 11 heteroatoms. The lowest BCUT2D eigenvalue weighted by molar-refractivity contribution is -0.125. The molecule has 1 saturated heterocycles. The van der Waals surface area contributed by atoms with Gasteiger partial charge in [-0.1, -0.05) is 22.9 Å². The SMILES string of the molecule is CN1CCC(C(=O)NC(=O)c2c(F)ccc(OCc3nc4cc(Cl)cnc4s3)c2F)CC1. The van der Waals surface area contributed by atoms with E-state index in [2.05, 4.69) is 20.2 Å². The Morgan fingerprint density at radius 2 is 2.06 bits per heavy atom. The van der Waals surface area contributed by atoms with Crippen LogP contribution in [0.3, 0.4) is 0 Å². The highest BCUT2D eigenvalue weighted by Crippen LogP contribution is 2.27. The van der Waals surface area contributed by atoms with Crippen LogP contribution < -0.4 is 10.1 Å². The summed E-state index contributed by atoms with van der Waals surface area (Å²) in [4.78, 5) is 36.0. The third-order valence-electron chi connectivity index (χ3n) is 5.22. The lowest BCUT2D eigenvalue weighted by Gasteiger charge is -2.27. The number of hydrogen-bond acceptors (Lipinski definition) is 7. The van der Waals surface area contributed by atoms with Gasteiger partial charge >= 0.3 is 0 Å². The highest BCUT2D eigenvalue weighted by molar-refractivity contribution is 7.18. The molecule has 1 N–H and O–H groups in total. The fourth-order valence-corrected chi connectivity index (χ4v) is 4.40. The van der Waals surface area contributed by atoms with Crippen LogP contribution in [-0.2, 0) is 11.4 Å². The average Bonchev–Trinajstić information content (AvgIpc) is 3.15. The molecule has 7 nitrogen and oxygen atoms in total. The molecule has 4 rings (SSSR count). The minimum absolute atomic E-state index is 0.114. The van der Waals surface area contributed by atoms with E-state index in [-0.39, 0.29) is 18.3 Å². The number of halogens is 3. The number of nitrogens with zero attached hydrogens (tertiary/aromatic N) is 3. The third kappa shape index (κ3) is 4.87. The second-order valence-electron chi connectivity index (χ2n) is 7.50. The summed E-state index contributed by atoms with van der Waals surface area (Å²) in [5, 5.41) is 3.06. The molecule has 0 spiro atoms. The lowest BCUT2D eigenvalue weighted by Crippen LogP contribution is -2.41. The van der Waals surface area contributed by atoms with E-state index in [1.807, 2.05) is 7.05 Å². The summed E-state index contributed by atoms with van der Waals surface area (Å²) in [6.45, 7) is 1.31. The summed E-state index contributed by atoms with van der Waals surface area (Å²) in [5.41, 5.74) is -0.283. The van der Waals surface area contributed by atoms with Crippen LogP contribution in [-0.4, -0.2) is 46.8 Å². The predicted octanol–water partition coefficient (Wildman–Crippen LogP) is 3.80. The van der Waals surface area contributed by atoms with Crippen molar-refractivity contribution in [1.29, 1.82) is 0 Å². The fourth-order valence-electron chi connectivity index (χ4n) is 3.44. The number of benzene rings is 1. The number of carbonyl (C=O) groups excluding carboxylic acids is 2. The molecule has 1 aromatic carbocycles. The van der Waals surface area contributed by atoms with Gasteiger partial charge in [0.15, 0.2) is 11.6 Å². The van der Waals surface area contributed by atoms with Crippen molar-refractivity contribution in [2.24, 2.45) is 5.92 Å². The molecule has 0 aliphatic carbocycles. The maximum Gasteiger partial charge on any atom is 0.263 e. The van der Waals surface area contributed by atoms with Crippen molar-refractivity contribution in [2.75, 3.05) is 20.1 Å². The lowest BCUT2D eigenvalue weighted by atomic mass is 9.96. The first kappa shape index (κ1) is 22.5. The highest BCUT2D eigenvalue weighted by atomic mass is 35.5. The number of imide groups is 1. The van der Waals surface area contributed by atoms with E-state index in [9.17, 15) is 18.4 Å². The second-order valence-corrected chi connectivity index (χ2v) is 9.00. The molecule has 168 valence electrons. The Hall–Kier alpha value is -2.69. The van der Waals surface area contributed by atoms with E-state index < -0.39 is 29.0 Å². The van der Waals surface area contributed by atoms with Gasteiger partial charge in [-0.3, -0.25) is 14.9 Å². The molecular formula is C21H19ClF2N4O3S. The van der Waals surface area contributed by atoms with Crippen LogP contribution in [0.1, 0.15) is 28.2 Å². The van der Waals surface area contributed by atoms with Crippen molar-refractivity contribution in [3.05, 3.63) is 51.6 Å². The van der Waals surface area contributed by atoms with Crippen LogP contribution in [0.5, 0.6) is 5.75 Å². The molecule has 3 heterocycles. The molecule has 2 aromatic heterocycles. The summed E-state index contributed by atoms with van der Waals surface area (Å²) < 4.78 is 34.6. The maximum atomic E-state index is 14.9. The highest BCUT2D eigenvalue weighted by Gasteiger charge is 2.28. The number of ether oxygens (including phenoxy) is 1. The standard InChI is InChI=1S/C21H19ClF2N4O3S/c1-28-6-4-11(5-7-28)19(29)27-20(30)17-13(23)2-3-15(18(17)24)31-10-16-26-14-8-12(22)9-25-21(14)32-16/h2-3,8-9,11H,4-7,10H2,1H3,(H,27,29,30). The Bertz CT molecular complexity index is 1180. The molecule has 0 bridgehead atoms. The van der Waals surface area contributed by atoms with Gasteiger partial charge in [0.2, 0.25) is 5.91 Å². The Kier molecular flexibility index (Phi) is 6.63. The summed E-state index contributed by atoms with van der Waals surface area (Å²) in [7, 11) is 1.94. The second kappa shape index (κ2) is 9.43. The summed E-state index contributed by atoms with van der Waals surface area (Å²) in [6.07, 6.45) is 2.64. The molecule has 1 aliphatic rings. The number of amides is 2. The number of thiazole rings is 1. The van der Waals surface area contributed by atoms with Gasteiger partial charge < -0.3 is 9.64 Å². The molecule has 1 aliphatic heterocycles. The molecule has 0 atom stereocenters. The number of piperidine rings is 1. The zero-order chi connectivity index (χ0) is 22.8. The van der Waals surface area contributed by atoms with Gasteiger partial charge in [0.25, 0.3) is 5.91 Å². The van der Waals surface area contributed by atoms with Crippen LogP contribution in [0.4, 0.5) is 8.78 Å². The normalized spacial score (nSPS) is 15.1. The van der Waals surface area contributed by atoms with Crippen LogP contribution in [0.15, 0.2) is 24.4 Å². The number of hydrogen-bond donors (Lipinski definition) is 1. The third-order valence-corrected chi connectivity index (χ3v) is 6.38. The van der Waals surface area contributed by atoms with E-state index in [4.69, 9.17) is 16.3 Å². The smallest absolute Gasteiger partial charge is 0.263 e. The molecular weight excluding hydrogens is 462 g/mol. The van der Waals surface area contributed by atoms with Gasteiger partial charge in [0.05, 0.1) is 5.02 Å². The topological polar surface area (TPSA) is 84.4 Å². The Morgan fingerprint density at radius 1 is 1.31 bits per heavy atom. The van der Waals surface area contributed by atoms with E-state index >= 15 is 0 Å². The molecule has 3 aromatic rings.